The van der Waals surface area contributed by atoms with Crippen molar-refractivity contribution in [2.75, 3.05) is 13.2 Å². The van der Waals surface area contributed by atoms with Crippen molar-refractivity contribution in [3.8, 4) is 0 Å². The Morgan fingerprint density at radius 2 is 2.47 bits per heavy atom. The molecule has 2 heterocycles. The fourth-order valence-corrected chi connectivity index (χ4v) is 2.28. The highest BCUT2D eigenvalue weighted by molar-refractivity contribution is 5.21. The fraction of sp³-hybridized carbons (Fsp3) is 0.727. The van der Waals surface area contributed by atoms with Crippen LogP contribution < -0.4 is 5.73 Å². The van der Waals surface area contributed by atoms with Gasteiger partial charge in [-0.05, 0) is 19.4 Å². The van der Waals surface area contributed by atoms with E-state index in [2.05, 4.69) is 18.2 Å². The Morgan fingerprint density at radius 3 is 3.13 bits per heavy atom. The summed E-state index contributed by atoms with van der Waals surface area (Å²) < 4.78 is 7.63. The number of hydrogen-bond acceptors (Lipinski definition) is 3. The molecular formula is C11H19N3O. The molecule has 0 spiro atoms. The van der Waals surface area contributed by atoms with Crippen LogP contribution in [-0.4, -0.2) is 22.9 Å². The second-order valence-electron chi connectivity index (χ2n) is 4.13. The van der Waals surface area contributed by atoms with Gasteiger partial charge < -0.3 is 10.5 Å². The van der Waals surface area contributed by atoms with Gasteiger partial charge in [0.25, 0.3) is 0 Å². The molecule has 0 radical (unpaired) electrons. The van der Waals surface area contributed by atoms with E-state index >= 15 is 0 Å². The standard InChI is InChI=1S/C11H19N3O/c1-3-10-9(7-14(2)13-10)11-8(6-12)4-5-15-11/h7-8,11H,3-6,12H2,1-2H3. The van der Waals surface area contributed by atoms with E-state index in [1.165, 1.54) is 5.56 Å². The molecule has 1 saturated heterocycles. The van der Waals surface area contributed by atoms with Crippen LogP contribution in [0.4, 0.5) is 0 Å². The van der Waals surface area contributed by atoms with Crippen LogP contribution in [0, 0.1) is 5.92 Å². The van der Waals surface area contributed by atoms with Crippen molar-refractivity contribution in [1.29, 1.82) is 0 Å². The van der Waals surface area contributed by atoms with Crippen molar-refractivity contribution in [3.05, 3.63) is 17.5 Å². The summed E-state index contributed by atoms with van der Waals surface area (Å²) in [6.45, 7) is 3.64. The molecule has 0 aliphatic carbocycles. The van der Waals surface area contributed by atoms with Crippen LogP contribution >= 0.6 is 0 Å². The average molecular weight is 209 g/mol. The van der Waals surface area contributed by atoms with E-state index in [9.17, 15) is 0 Å². The molecule has 2 N–H and O–H groups in total. The zero-order chi connectivity index (χ0) is 10.8. The third kappa shape index (κ3) is 1.92. The first-order chi connectivity index (χ1) is 7.26. The molecule has 4 nitrogen and oxygen atoms in total. The quantitative estimate of drug-likeness (QED) is 0.808. The molecule has 2 unspecified atom stereocenters. The molecular weight excluding hydrogens is 190 g/mol. The average Bonchev–Trinajstić information content (AvgIpc) is 2.82. The second kappa shape index (κ2) is 4.33. The number of ether oxygens (including phenoxy) is 1. The summed E-state index contributed by atoms with van der Waals surface area (Å²) in [5.74, 6) is 0.458. The molecule has 0 bridgehead atoms. The maximum Gasteiger partial charge on any atom is 0.0899 e. The van der Waals surface area contributed by atoms with Gasteiger partial charge in [-0.25, -0.2) is 0 Å². The van der Waals surface area contributed by atoms with E-state index in [1.807, 2.05) is 11.7 Å². The van der Waals surface area contributed by atoms with Gasteiger partial charge in [0.05, 0.1) is 11.8 Å². The van der Waals surface area contributed by atoms with Crippen LogP contribution in [0.15, 0.2) is 6.20 Å². The topological polar surface area (TPSA) is 53.1 Å². The van der Waals surface area contributed by atoms with E-state index in [-0.39, 0.29) is 6.10 Å². The maximum absolute atomic E-state index is 5.76. The van der Waals surface area contributed by atoms with E-state index in [4.69, 9.17) is 10.5 Å². The molecule has 15 heavy (non-hydrogen) atoms. The lowest BCUT2D eigenvalue weighted by molar-refractivity contribution is 0.0917. The monoisotopic (exact) mass is 209 g/mol. The van der Waals surface area contributed by atoms with Gasteiger partial charge in [-0.1, -0.05) is 6.92 Å². The van der Waals surface area contributed by atoms with Crippen molar-refractivity contribution in [2.45, 2.75) is 25.9 Å². The number of nitrogens with two attached hydrogens (primary N) is 1. The summed E-state index contributed by atoms with van der Waals surface area (Å²) >= 11 is 0. The normalized spacial score (nSPS) is 26.1. The van der Waals surface area contributed by atoms with Gasteiger partial charge in [-0.15, -0.1) is 0 Å². The molecule has 1 aliphatic rings. The number of nitrogens with zero attached hydrogens (tertiary/aromatic N) is 2. The van der Waals surface area contributed by atoms with Crippen molar-refractivity contribution in [3.63, 3.8) is 0 Å². The van der Waals surface area contributed by atoms with Crippen LogP contribution in [-0.2, 0) is 18.2 Å². The molecule has 2 rings (SSSR count). The van der Waals surface area contributed by atoms with Gasteiger partial charge in [-0.3, -0.25) is 4.68 Å². The predicted octanol–water partition coefficient (Wildman–Crippen LogP) is 1.02. The van der Waals surface area contributed by atoms with E-state index in [1.54, 1.807) is 0 Å². The van der Waals surface area contributed by atoms with Crippen LogP contribution in [0.3, 0.4) is 0 Å². The van der Waals surface area contributed by atoms with Crippen molar-refractivity contribution >= 4 is 0 Å². The molecule has 4 heteroatoms. The Kier molecular flexibility index (Phi) is 3.07. The minimum Gasteiger partial charge on any atom is -0.373 e. The summed E-state index contributed by atoms with van der Waals surface area (Å²) in [6, 6.07) is 0. The first-order valence-corrected chi connectivity index (χ1v) is 5.60. The maximum atomic E-state index is 5.76. The minimum atomic E-state index is 0.165. The molecule has 2 atom stereocenters. The number of rotatable bonds is 3. The largest absolute Gasteiger partial charge is 0.373 e. The lowest BCUT2D eigenvalue weighted by Crippen LogP contribution is -2.18. The van der Waals surface area contributed by atoms with E-state index in [0.717, 1.165) is 25.1 Å². The molecule has 84 valence electrons. The summed E-state index contributed by atoms with van der Waals surface area (Å²) in [5, 5.41) is 4.44. The smallest absolute Gasteiger partial charge is 0.0899 e. The Labute approximate surface area is 90.4 Å². The summed E-state index contributed by atoms with van der Waals surface area (Å²) in [5.41, 5.74) is 8.12. The molecule has 1 aromatic rings. The Morgan fingerprint density at radius 1 is 1.67 bits per heavy atom. The molecule has 1 aromatic heterocycles. The Bertz CT molecular complexity index is 335. The molecule has 0 amide bonds. The van der Waals surface area contributed by atoms with Gasteiger partial charge in [0.1, 0.15) is 0 Å². The first kappa shape index (κ1) is 10.6. The van der Waals surface area contributed by atoms with Gasteiger partial charge in [0.15, 0.2) is 0 Å². The van der Waals surface area contributed by atoms with Crippen LogP contribution in [0.2, 0.25) is 0 Å². The fourth-order valence-electron chi connectivity index (χ4n) is 2.28. The molecule has 0 aromatic carbocycles. The second-order valence-corrected chi connectivity index (χ2v) is 4.13. The Hall–Kier alpha value is -0.870. The van der Waals surface area contributed by atoms with E-state index < -0.39 is 0 Å². The van der Waals surface area contributed by atoms with Gasteiger partial charge >= 0.3 is 0 Å². The van der Waals surface area contributed by atoms with Gasteiger partial charge in [-0.2, -0.15) is 5.10 Å². The lowest BCUT2D eigenvalue weighted by Gasteiger charge is -2.16. The van der Waals surface area contributed by atoms with Crippen LogP contribution in [0.1, 0.15) is 30.7 Å². The highest BCUT2D eigenvalue weighted by Crippen LogP contribution is 2.35. The van der Waals surface area contributed by atoms with E-state index in [0.29, 0.717) is 12.5 Å². The third-order valence-electron chi connectivity index (χ3n) is 3.10. The number of aryl methyl sites for hydroxylation is 2. The highest BCUT2D eigenvalue weighted by atomic mass is 16.5. The van der Waals surface area contributed by atoms with Crippen LogP contribution in [0.5, 0.6) is 0 Å². The zero-order valence-corrected chi connectivity index (χ0v) is 9.44. The molecule has 0 saturated carbocycles. The lowest BCUT2D eigenvalue weighted by atomic mass is 9.95. The van der Waals surface area contributed by atoms with Crippen molar-refractivity contribution in [1.82, 2.24) is 9.78 Å². The number of hydrogen-bond donors (Lipinski definition) is 1. The zero-order valence-electron chi connectivity index (χ0n) is 9.44. The van der Waals surface area contributed by atoms with Gasteiger partial charge in [0.2, 0.25) is 0 Å². The molecule has 1 fully saturated rings. The van der Waals surface area contributed by atoms with Gasteiger partial charge in [0, 0.05) is 31.3 Å². The minimum absolute atomic E-state index is 0.165. The predicted molar refractivity (Wildman–Crippen MR) is 58.4 cm³/mol. The van der Waals surface area contributed by atoms with Crippen molar-refractivity contribution in [2.24, 2.45) is 18.7 Å². The number of aromatic nitrogens is 2. The first-order valence-electron chi connectivity index (χ1n) is 5.60. The Balaban J connectivity index is 2.27. The summed E-state index contributed by atoms with van der Waals surface area (Å²) in [4.78, 5) is 0. The third-order valence-corrected chi connectivity index (χ3v) is 3.10. The highest BCUT2D eigenvalue weighted by Gasteiger charge is 2.31. The van der Waals surface area contributed by atoms with Crippen LogP contribution in [0.25, 0.3) is 0 Å². The summed E-state index contributed by atoms with van der Waals surface area (Å²) in [7, 11) is 1.95. The SMILES string of the molecule is CCc1nn(C)cc1C1OCCC1CN. The molecule has 1 aliphatic heterocycles. The summed E-state index contributed by atoms with van der Waals surface area (Å²) in [6.07, 6.45) is 4.25. The van der Waals surface area contributed by atoms with Crippen molar-refractivity contribution < 1.29 is 4.74 Å².